The Balaban J connectivity index is 1.42. The lowest BCUT2D eigenvalue weighted by molar-refractivity contribution is -0.143. The fourth-order valence-corrected chi connectivity index (χ4v) is 4.59. The zero-order valence-electron chi connectivity index (χ0n) is 16.1. The molecular formula is C20H22F2N4O3S. The lowest BCUT2D eigenvalue weighted by Crippen LogP contribution is -2.46. The molecule has 7 nitrogen and oxygen atoms in total. The van der Waals surface area contributed by atoms with Gasteiger partial charge in [-0.2, -0.15) is 9.36 Å². The van der Waals surface area contributed by atoms with Crippen LogP contribution in [0, 0.1) is 5.92 Å². The van der Waals surface area contributed by atoms with Gasteiger partial charge >= 0.3 is 0 Å². The summed E-state index contributed by atoms with van der Waals surface area (Å²) < 4.78 is 31.1. The minimum Gasteiger partial charge on any atom is -0.391 e. The number of anilines is 1. The number of amides is 2. The van der Waals surface area contributed by atoms with Gasteiger partial charge in [0.15, 0.2) is 5.82 Å². The van der Waals surface area contributed by atoms with E-state index in [2.05, 4.69) is 14.7 Å². The quantitative estimate of drug-likeness (QED) is 0.769. The number of halogens is 2. The summed E-state index contributed by atoms with van der Waals surface area (Å²) in [5, 5.41) is 13.0. The minimum absolute atomic E-state index is 0.0230. The first-order chi connectivity index (χ1) is 14.3. The number of nitrogens with one attached hydrogen (secondary N) is 1. The summed E-state index contributed by atoms with van der Waals surface area (Å²) >= 11 is 1.03. The van der Waals surface area contributed by atoms with E-state index in [9.17, 15) is 23.5 Å². The van der Waals surface area contributed by atoms with Crippen LogP contribution in [0.3, 0.4) is 0 Å². The van der Waals surface area contributed by atoms with E-state index >= 15 is 0 Å². The molecule has 1 saturated heterocycles. The molecular weight excluding hydrogens is 414 g/mol. The summed E-state index contributed by atoms with van der Waals surface area (Å²) in [5.41, 5.74) is 0.816. The molecule has 1 aliphatic heterocycles. The van der Waals surface area contributed by atoms with Crippen LogP contribution in [0.25, 0.3) is 11.4 Å². The molecule has 0 bridgehead atoms. The molecule has 0 unspecified atom stereocenters. The van der Waals surface area contributed by atoms with Gasteiger partial charge in [0.2, 0.25) is 22.9 Å². The molecule has 0 radical (unpaired) electrons. The van der Waals surface area contributed by atoms with Crippen LogP contribution in [0.4, 0.5) is 13.9 Å². The lowest BCUT2D eigenvalue weighted by atomic mass is 9.85. The number of hydrogen-bond acceptors (Lipinski definition) is 6. The molecule has 1 saturated carbocycles. The molecule has 2 atom stereocenters. The van der Waals surface area contributed by atoms with Crippen LogP contribution in [0.2, 0.25) is 0 Å². The number of likely N-dealkylation sites (tertiary alicyclic amines) is 1. The van der Waals surface area contributed by atoms with E-state index in [1.165, 1.54) is 4.90 Å². The number of alkyl halides is 2. The van der Waals surface area contributed by atoms with Gasteiger partial charge < -0.3 is 10.0 Å². The van der Waals surface area contributed by atoms with Crippen molar-refractivity contribution in [3.05, 3.63) is 30.3 Å². The maximum absolute atomic E-state index is 13.4. The summed E-state index contributed by atoms with van der Waals surface area (Å²) in [4.78, 5) is 31.3. The van der Waals surface area contributed by atoms with Gasteiger partial charge in [-0.25, -0.2) is 8.78 Å². The molecule has 2 fully saturated rings. The van der Waals surface area contributed by atoms with Crippen LogP contribution < -0.4 is 5.32 Å². The SMILES string of the molecule is O=C(Nc1nc(-c2ccccc2)ns1)[C@@H]1C[C@H](O)CN1C(=O)C1CCC(F)(F)CC1. The molecule has 2 aromatic rings. The summed E-state index contributed by atoms with van der Waals surface area (Å²) in [7, 11) is 0. The Morgan fingerprint density at radius 1 is 1.20 bits per heavy atom. The summed E-state index contributed by atoms with van der Waals surface area (Å²) in [5.74, 6) is -3.59. The van der Waals surface area contributed by atoms with Gasteiger partial charge in [0.1, 0.15) is 6.04 Å². The first-order valence-electron chi connectivity index (χ1n) is 9.89. The molecule has 4 rings (SSSR count). The Bertz CT molecular complexity index is 914. The van der Waals surface area contributed by atoms with Crippen molar-refractivity contribution < 1.29 is 23.5 Å². The molecule has 160 valence electrons. The van der Waals surface area contributed by atoms with Crippen LogP contribution >= 0.6 is 11.5 Å². The maximum Gasteiger partial charge on any atom is 0.249 e. The number of aliphatic hydroxyl groups excluding tert-OH is 1. The standard InChI is InChI=1S/C20H22F2N4O3S/c21-20(22)8-6-13(7-9-20)18(29)26-11-14(27)10-15(26)17(28)24-19-23-16(25-30-19)12-4-2-1-3-5-12/h1-5,13-15,27H,6-11H2,(H,23,24,25,28)/t14-,15-/m0/s1. The average Bonchev–Trinajstić information content (AvgIpc) is 3.35. The van der Waals surface area contributed by atoms with Crippen molar-refractivity contribution in [1.29, 1.82) is 0 Å². The van der Waals surface area contributed by atoms with Crippen molar-refractivity contribution in [2.45, 2.75) is 50.2 Å². The largest absolute Gasteiger partial charge is 0.391 e. The van der Waals surface area contributed by atoms with Gasteiger partial charge in [-0.05, 0) is 12.8 Å². The second-order valence-electron chi connectivity index (χ2n) is 7.80. The van der Waals surface area contributed by atoms with Crippen LogP contribution in [0.1, 0.15) is 32.1 Å². The highest BCUT2D eigenvalue weighted by molar-refractivity contribution is 7.10. The van der Waals surface area contributed by atoms with Crippen LogP contribution in [-0.2, 0) is 9.59 Å². The Kier molecular flexibility index (Phi) is 5.79. The van der Waals surface area contributed by atoms with Crippen LogP contribution in [0.15, 0.2) is 30.3 Å². The molecule has 1 aromatic heterocycles. The minimum atomic E-state index is -2.73. The van der Waals surface area contributed by atoms with Crippen LogP contribution in [-0.4, -0.2) is 55.8 Å². The number of hydrogen-bond donors (Lipinski definition) is 2. The summed E-state index contributed by atoms with van der Waals surface area (Å²) in [6.07, 6.45) is -1.21. The normalized spacial score (nSPS) is 24.0. The van der Waals surface area contributed by atoms with Crippen molar-refractivity contribution in [1.82, 2.24) is 14.3 Å². The van der Waals surface area contributed by atoms with E-state index in [1.807, 2.05) is 30.3 Å². The number of aliphatic hydroxyl groups is 1. The molecule has 0 spiro atoms. The van der Waals surface area contributed by atoms with Gasteiger partial charge in [-0.15, -0.1) is 0 Å². The van der Waals surface area contributed by atoms with Gasteiger partial charge in [0, 0.05) is 48.8 Å². The molecule has 2 aliphatic rings. The molecule has 1 aromatic carbocycles. The lowest BCUT2D eigenvalue weighted by Gasteiger charge is -2.32. The number of benzene rings is 1. The van der Waals surface area contributed by atoms with Crippen molar-refractivity contribution >= 4 is 28.5 Å². The molecule has 2 amide bonds. The maximum atomic E-state index is 13.4. The molecule has 1 aliphatic carbocycles. The highest BCUT2D eigenvalue weighted by atomic mass is 32.1. The first-order valence-corrected chi connectivity index (χ1v) is 10.7. The number of nitrogens with zero attached hydrogens (tertiary/aromatic N) is 3. The second-order valence-corrected chi connectivity index (χ2v) is 8.56. The highest BCUT2D eigenvalue weighted by Crippen LogP contribution is 2.38. The van der Waals surface area contributed by atoms with Crippen molar-refractivity contribution in [2.24, 2.45) is 5.92 Å². The third-order valence-electron chi connectivity index (χ3n) is 5.62. The number of carbonyl (C=O) groups excluding carboxylic acids is 2. The number of β-amino-alcohol motifs (C(OH)–C–C–N with tert-alkyl or cyclic N) is 1. The van der Waals surface area contributed by atoms with Gasteiger partial charge in [-0.1, -0.05) is 30.3 Å². The fourth-order valence-electron chi connectivity index (χ4n) is 3.99. The predicted molar refractivity (Wildman–Crippen MR) is 107 cm³/mol. The predicted octanol–water partition coefficient (Wildman–Crippen LogP) is 2.93. The van der Waals surface area contributed by atoms with E-state index in [1.54, 1.807) is 0 Å². The zero-order valence-corrected chi connectivity index (χ0v) is 16.9. The van der Waals surface area contributed by atoms with Crippen LogP contribution in [0.5, 0.6) is 0 Å². The van der Waals surface area contributed by atoms with Gasteiger partial charge in [0.05, 0.1) is 6.10 Å². The number of aromatic nitrogens is 2. The molecule has 10 heteroatoms. The monoisotopic (exact) mass is 436 g/mol. The topological polar surface area (TPSA) is 95.4 Å². The van der Waals surface area contributed by atoms with Gasteiger partial charge in [-0.3, -0.25) is 14.9 Å². The van der Waals surface area contributed by atoms with Gasteiger partial charge in [0.25, 0.3) is 0 Å². The zero-order chi connectivity index (χ0) is 21.3. The third-order valence-corrected chi connectivity index (χ3v) is 6.25. The number of rotatable bonds is 4. The number of carbonyl (C=O) groups is 2. The molecule has 30 heavy (non-hydrogen) atoms. The van der Waals surface area contributed by atoms with E-state index < -0.39 is 29.9 Å². The van der Waals surface area contributed by atoms with E-state index in [4.69, 9.17) is 0 Å². The third kappa shape index (κ3) is 4.49. The van der Waals surface area contributed by atoms with Crippen molar-refractivity contribution in [3.8, 4) is 11.4 Å². The Labute approximate surface area is 176 Å². The fraction of sp³-hybridized carbons (Fsp3) is 0.500. The summed E-state index contributed by atoms with van der Waals surface area (Å²) in [6.45, 7) is 0.0230. The van der Waals surface area contributed by atoms with E-state index in [-0.39, 0.29) is 44.6 Å². The van der Waals surface area contributed by atoms with E-state index in [0.29, 0.717) is 11.0 Å². The average molecular weight is 436 g/mol. The highest BCUT2D eigenvalue weighted by Gasteiger charge is 2.44. The first kappa shape index (κ1) is 20.8. The molecule has 2 N–H and O–H groups in total. The van der Waals surface area contributed by atoms with E-state index in [0.717, 1.165) is 17.1 Å². The summed E-state index contributed by atoms with van der Waals surface area (Å²) in [6, 6.07) is 8.45. The van der Waals surface area contributed by atoms with Crippen molar-refractivity contribution in [2.75, 3.05) is 11.9 Å². The second kappa shape index (κ2) is 8.35. The Hall–Kier alpha value is -2.46. The Morgan fingerprint density at radius 2 is 1.90 bits per heavy atom. The molecule has 2 heterocycles. The van der Waals surface area contributed by atoms with Crippen molar-refractivity contribution in [3.63, 3.8) is 0 Å². The smallest absolute Gasteiger partial charge is 0.249 e. The Morgan fingerprint density at radius 3 is 2.60 bits per heavy atom.